The molecule has 2 N–H and O–H groups in total. The Bertz CT molecular complexity index is 452. The van der Waals surface area contributed by atoms with Crippen LogP contribution in [-0.4, -0.2) is 53.8 Å². The summed E-state index contributed by atoms with van der Waals surface area (Å²) in [4.78, 5) is 27.9. The highest BCUT2D eigenvalue weighted by Gasteiger charge is 2.17. The fourth-order valence-electron chi connectivity index (χ4n) is 1.49. The number of aryl methyl sites for hydroxylation is 2. The van der Waals surface area contributed by atoms with E-state index in [4.69, 9.17) is 14.3 Å². The van der Waals surface area contributed by atoms with E-state index in [9.17, 15) is 9.59 Å². The fourth-order valence-corrected chi connectivity index (χ4v) is 1.49. The predicted octanol–water partition coefficient (Wildman–Crippen LogP) is 0.534. The Morgan fingerprint density at radius 3 is 2.65 bits per heavy atom. The van der Waals surface area contributed by atoms with Gasteiger partial charge in [-0.25, -0.2) is 9.78 Å². The maximum Gasteiger partial charge on any atom is 0.323 e. The van der Waals surface area contributed by atoms with Gasteiger partial charge < -0.3 is 24.5 Å². The van der Waals surface area contributed by atoms with E-state index >= 15 is 0 Å². The number of carbonyl (C=O) groups is 2. The first-order chi connectivity index (χ1) is 9.43. The van der Waals surface area contributed by atoms with Crippen molar-refractivity contribution in [2.45, 2.75) is 20.4 Å². The van der Waals surface area contributed by atoms with Crippen molar-refractivity contribution < 1.29 is 23.8 Å². The first-order valence-electron chi connectivity index (χ1n) is 6.10. The average molecular weight is 285 g/mol. The molecule has 20 heavy (non-hydrogen) atoms. The topological polar surface area (TPSA) is 105 Å². The number of carboxylic acids is 1. The number of aliphatic carboxylic acids is 1. The molecule has 1 rings (SSSR count). The SMILES string of the molecule is COCCN(CC(=O)O)C(=O)NCc1nc(C)c(C)o1. The van der Waals surface area contributed by atoms with E-state index in [1.54, 1.807) is 13.8 Å². The van der Waals surface area contributed by atoms with Gasteiger partial charge in [-0.15, -0.1) is 0 Å². The molecule has 8 nitrogen and oxygen atoms in total. The number of rotatable bonds is 7. The third kappa shape index (κ3) is 4.88. The highest BCUT2D eigenvalue weighted by atomic mass is 16.5. The summed E-state index contributed by atoms with van der Waals surface area (Å²) in [5.41, 5.74) is 0.760. The number of hydrogen-bond donors (Lipinski definition) is 2. The Balaban J connectivity index is 2.54. The molecule has 0 radical (unpaired) electrons. The number of carboxylic acid groups (broad SMARTS) is 1. The molecule has 1 heterocycles. The van der Waals surface area contributed by atoms with Gasteiger partial charge in [0.1, 0.15) is 12.3 Å². The van der Waals surface area contributed by atoms with Crippen LogP contribution in [0.3, 0.4) is 0 Å². The normalized spacial score (nSPS) is 10.3. The lowest BCUT2D eigenvalue weighted by Crippen LogP contribution is -2.44. The number of amides is 2. The van der Waals surface area contributed by atoms with Gasteiger partial charge in [-0.2, -0.15) is 0 Å². The molecule has 0 aliphatic rings. The Hall–Kier alpha value is -2.09. The van der Waals surface area contributed by atoms with Crippen LogP contribution >= 0.6 is 0 Å². The molecule has 0 saturated carbocycles. The lowest BCUT2D eigenvalue weighted by atomic mass is 10.4. The number of oxazole rings is 1. The number of urea groups is 1. The Labute approximate surface area is 116 Å². The second-order valence-corrected chi connectivity index (χ2v) is 4.22. The average Bonchev–Trinajstić information content (AvgIpc) is 2.70. The van der Waals surface area contributed by atoms with Crippen LogP contribution in [0.4, 0.5) is 4.79 Å². The van der Waals surface area contributed by atoms with E-state index in [2.05, 4.69) is 10.3 Å². The van der Waals surface area contributed by atoms with Crippen LogP contribution < -0.4 is 5.32 Å². The van der Waals surface area contributed by atoms with Gasteiger partial charge in [-0.1, -0.05) is 0 Å². The van der Waals surface area contributed by atoms with Crippen molar-refractivity contribution in [1.29, 1.82) is 0 Å². The highest BCUT2D eigenvalue weighted by molar-refractivity contribution is 5.79. The number of nitrogens with zero attached hydrogens (tertiary/aromatic N) is 2. The number of carbonyl (C=O) groups excluding carboxylic acids is 1. The maximum atomic E-state index is 11.9. The monoisotopic (exact) mass is 285 g/mol. The standard InChI is InChI=1S/C12H19N3O5/c1-8-9(2)20-10(14-8)6-13-12(18)15(4-5-19-3)7-11(16)17/h4-7H2,1-3H3,(H,13,18)(H,16,17). The van der Waals surface area contributed by atoms with Gasteiger partial charge in [0.05, 0.1) is 18.8 Å². The molecular formula is C12H19N3O5. The molecule has 8 heteroatoms. The molecule has 0 aromatic carbocycles. The van der Waals surface area contributed by atoms with Gasteiger partial charge in [0.25, 0.3) is 0 Å². The molecule has 1 aromatic heterocycles. The second kappa shape index (κ2) is 7.49. The zero-order valence-corrected chi connectivity index (χ0v) is 11.8. The number of nitrogens with one attached hydrogen (secondary N) is 1. The van der Waals surface area contributed by atoms with Crippen LogP contribution in [0.2, 0.25) is 0 Å². The van der Waals surface area contributed by atoms with Crippen LogP contribution in [0.5, 0.6) is 0 Å². The summed E-state index contributed by atoms with van der Waals surface area (Å²) in [6.45, 7) is 3.76. The minimum Gasteiger partial charge on any atom is -0.480 e. The van der Waals surface area contributed by atoms with Gasteiger partial charge in [0.2, 0.25) is 5.89 Å². The van der Waals surface area contributed by atoms with Gasteiger partial charge in [-0.05, 0) is 13.8 Å². The zero-order chi connectivity index (χ0) is 15.1. The van der Waals surface area contributed by atoms with E-state index < -0.39 is 18.5 Å². The van der Waals surface area contributed by atoms with Crippen LogP contribution in [0.15, 0.2) is 4.42 Å². The van der Waals surface area contributed by atoms with Gasteiger partial charge in [0, 0.05) is 13.7 Å². The number of aromatic nitrogens is 1. The minimum absolute atomic E-state index is 0.108. The van der Waals surface area contributed by atoms with Crippen molar-refractivity contribution in [3.8, 4) is 0 Å². The Kier molecular flexibility index (Phi) is 5.98. The molecule has 0 fully saturated rings. The van der Waals surface area contributed by atoms with E-state index in [1.165, 1.54) is 7.11 Å². The summed E-state index contributed by atoms with van der Waals surface area (Å²) in [6.07, 6.45) is 0. The Morgan fingerprint density at radius 1 is 1.45 bits per heavy atom. The van der Waals surface area contributed by atoms with Gasteiger partial charge in [-0.3, -0.25) is 4.79 Å². The van der Waals surface area contributed by atoms with E-state index in [0.29, 0.717) is 11.7 Å². The first-order valence-corrected chi connectivity index (χ1v) is 6.10. The van der Waals surface area contributed by atoms with Crippen molar-refractivity contribution in [3.63, 3.8) is 0 Å². The molecule has 0 bridgehead atoms. The van der Waals surface area contributed by atoms with Gasteiger partial charge >= 0.3 is 12.0 Å². The lowest BCUT2D eigenvalue weighted by molar-refractivity contribution is -0.137. The number of methoxy groups -OCH3 is 1. The van der Waals surface area contributed by atoms with Gasteiger partial charge in [0.15, 0.2) is 0 Å². The molecule has 0 aliphatic carbocycles. The van der Waals surface area contributed by atoms with E-state index in [0.717, 1.165) is 10.6 Å². The third-order valence-corrected chi connectivity index (χ3v) is 2.64. The third-order valence-electron chi connectivity index (χ3n) is 2.64. The van der Waals surface area contributed by atoms with Crippen molar-refractivity contribution in [2.24, 2.45) is 0 Å². The largest absolute Gasteiger partial charge is 0.480 e. The predicted molar refractivity (Wildman–Crippen MR) is 69.3 cm³/mol. The van der Waals surface area contributed by atoms with Crippen molar-refractivity contribution in [1.82, 2.24) is 15.2 Å². The number of hydrogen-bond acceptors (Lipinski definition) is 5. The molecule has 2 amide bonds. The summed E-state index contributed by atoms with van der Waals surface area (Å²) >= 11 is 0. The van der Waals surface area contributed by atoms with Crippen molar-refractivity contribution in [3.05, 3.63) is 17.3 Å². The van der Waals surface area contributed by atoms with E-state index in [1.807, 2.05) is 0 Å². The quantitative estimate of drug-likeness (QED) is 0.757. The summed E-state index contributed by atoms with van der Waals surface area (Å²) in [5, 5.41) is 11.3. The maximum absolute atomic E-state index is 11.9. The minimum atomic E-state index is -1.08. The number of ether oxygens (including phenoxy) is 1. The second-order valence-electron chi connectivity index (χ2n) is 4.22. The van der Waals surface area contributed by atoms with Crippen LogP contribution in [0.1, 0.15) is 17.3 Å². The molecule has 0 spiro atoms. The highest BCUT2D eigenvalue weighted by Crippen LogP contribution is 2.07. The van der Waals surface area contributed by atoms with Crippen LogP contribution in [0, 0.1) is 13.8 Å². The molecule has 0 atom stereocenters. The van der Waals surface area contributed by atoms with Crippen molar-refractivity contribution in [2.75, 3.05) is 26.8 Å². The summed E-state index contributed by atoms with van der Waals surface area (Å²) in [5.74, 6) is -0.00884. The van der Waals surface area contributed by atoms with E-state index in [-0.39, 0.29) is 19.7 Å². The lowest BCUT2D eigenvalue weighted by Gasteiger charge is -2.20. The first kappa shape index (κ1) is 16.0. The van der Waals surface area contributed by atoms with Crippen LogP contribution in [0.25, 0.3) is 0 Å². The summed E-state index contributed by atoms with van der Waals surface area (Å²) in [6, 6.07) is -0.502. The molecule has 0 aliphatic heterocycles. The van der Waals surface area contributed by atoms with Crippen LogP contribution in [-0.2, 0) is 16.1 Å². The Morgan fingerprint density at radius 2 is 2.15 bits per heavy atom. The smallest absolute Gasteiger partial charge is 0.323 e. The molecule has 0 unspecified atom stereocenters. The van der Waals surface area contributed by atoms with Crippen molar-refractivity contribution >= 4 is 12.0 Å². The zero-order valence-electron chi connectivity index (χ0n) is 11.8. The fraction of sp³-hybridized carbons (Fsp3) is 0.583. The molecular weight excluding hydrogens is 266 g/mol. The molecule has 0 saturated heterocycles. The summed E-state index contributed by atoms with van der Waals surface area (Å²) < 4.78 is 10.2. The molecule has 1 aromatic rings. The molecule has 112 valence electrons. The summed E-state index contributed by atoms with van der Waals surface area (Å²) in [7, 11) is 1.48.